The first kappa shape index (κ1) is 21.2. The number of carboxylic acid groups (broad SMARTS) is 2. The zero-order valence-corrected chi connectivity index (χ0v) is 13.9. The summed E-state index contributed by atoms with van der Waals surface area (Å²) in [6.07, 6.45) is -0.327. The van der Waals surface area contributed by atoms with Gasteiger partial charge in [0.2, 0.25) is 11.8 Å². The average Bonchev–Trinajstić information content (AvgIpc) is 2.41. The van der Waals surface area contributed by atoms with Gasteiger partial charge in [0.1, 0.15) is 12.1 Å². The maximum atomic E-state index is 12.2. The fraction of sp³-hybridized carbons (Fsp3) is 0.692. The minimum atomic E-state index is -1.30. The average molecular weight is 349 g/mol. The smallest absolute Gasteiger partial charge is 0.327 e. The number of aliphatic carboxylic acids is 2. The van der Waals surface area contributed by atoms with Crippen molar-refractivity contribution in [3.63, 3.8) is 0 Å². The molecule has 0 aliphatic rings. The van der Waals surface area contributed by atoms with Crippen LogP contribution < -0.4 is 16.4 Å². The third kappa shape index (κ3) is 8.41. The molecule has 0 aliphatic carbocycles. The summed E-state index contributed by atoms with van der Waals surface area (Å²) < 4.78 is 0. The summed E-state index contributed by atoms with van der Waals surface area (Å²) in [6, 6.07) is -3.50. The quantitative estimate of drug-likeness (QED) is 0.271. The molecule has 0 saturated carbocycles. The number of hydrogen-bond donors (Lipinski definition) is 6. The van der Waals surface area contributed by atoms with E-state index in [9.17, 15) is 19.2 Å². The number of nitrogens with one attached hydrogen (secondary N) is 2. The van der Waals surface area contributed by atoms with Gasteiger partial charge in [-0.15, -0.1) is 0 Å². The van der Waals surface area contributed by atoms with Crippen molar-refractivity contribution in [1.29, 1.82) is 0 Å². The van der Waals surface area contributed by atoms with Crippen LogP contribution in [0.25, 0.3) is 0 Å². The fourth-order valence-electron chi connectivity index (χ4n) is 1.72. The van der Waals surface area contributed by atoms with Gasteiger partial charge in [-0.05, 0) is 12.3 Å². The van der Waals surface area contributed by atoms with Crippen molar-refractivity contribution in [3.05, 3.63) is 0 Å². The van der Waals surface area contributed by atoms with E-state index >= 15 is 0 Å². The molecule has 0 spiro atoms. The van der Waals surface area contributed by atoms with Gasteiger partial charge in [-0.3, -0.25) is 14.4 Å². The molecule has 0 aromatic carbocycles. The zero-order valence-electron chi connectivity index (χ0n) is 13.0. The molecule has 0 unspecified atom stereocenters. The van der Waals surface area contributed by atoms with Gasteiger partial charge >= 0.3 is 11.9 Å². The molecule has 0 bridgehead atoms. The predicted octanol–water partition coefficient (Wildman–Crippen LogP) is -1.18. The van der Waals surface area contributed by atoms with Crippen LogP contribution in [-0.2, 0) is 19.2 Å². The second kappa shape index (κ2) is 10.1. The SMILES string of the molecule is CC(C)C[C@H](NC(=O)[C@@H](N)CC(=O)O)C(=O)N[C@@H](CS)C(=O)O. The summed E-state index contributed by atoms with van der Waals surface area (Å²) in [6.45, 7) is 3.63. The Morgan fingerprint density at radius 1 is 1.04 bits per heavy atom. The van der Waals surface area contributed by atoms with Crippen molar-refractivity contribution in [2.75, 3.05) is 5.75 Å². The topological polar surface area (TPSA) is 159 Å². The second-order valence-corrected chi connectivity index (χ2v) is 5.84. The molecule has 6 N–H and O–H groups in total. The summed E-state index contributed by atoms with van der Waals surface area (Å²) in [5, 5.41) is 22.2. The molecule has 0 radical (unpaired) electrons. The Kier molecular flexibility index (Phi) is 9.27. The molecule has 10 heteroatoms. The predicted molar refractivity (Wildman–Crippen MR) is 85.0 cm³/mol. The van der Waals surface area contributed by atoms with Crippen LogP contribution in [0.3, 0.4) is 0 Å². The molecule has 3 atom stereocenters. The maximum absolute atomic E-state index is 12.2. The Balaban J connectivity index is 4.92. The van der Waals surface area contributed by atoms with Gasteiger partial charge in [0.15, 0.2) is 0 Å². The van der Waals surface area contributed by atoms with E-state index in [0.717, 1.165) is 0 Å². The van der Waals surface area contributed by atoms with Gasteiger partial charge in [0.05, 0.1) is 12.5 Å². The van der Waals surface area contributed by atoms with Gasteiger partial charge in [-0.2, -0.15) is 12.6 Å². The summed E-state index contributed by atoms with van der Waals surface area (Å²) in [5.41, 5.74) is 5.44. The second-order valence-electron chi connectivity index (χ2n) is 5.48. The highest BCUT2D eigenvalue weighted by molar-refractivity contribution is 7.80. The molecule has 0 aromatic rings. The summed E-state index contributed by atoms with van der Waals surface area (Å²) >= 11 is 3.84. The molecule has 2 amide bonds. The largest absolute Gasteiger partial charge is 0.481 e. The number of carboxylic acids is 2. The Morgan fingerprint density at radius 3 is 1.96 bits per heavy atom. The molecule has 0 aliphatic heterocycles. The highest BCUT2D eigenvalue weighted by atomic mass is 32.1. The van der Waals surface area contributed by atoms with E-state index in [1.165, 1.54) is 0 Å². The first-order chi connectivity index (χ1) is 10.6. The first-order valence-corrected chi connectivity index (χ1v) is 7.63. The Bertz CT molecular complexity index is 457. The lowest BCUT2D eigenvalue weighted by atomic mass is 10.0. The van der Waals surface area contributed by atoms with Crippen LogP contribution in [0.5, 0.6) is 0 Å². The lowest BCUT2D eigenvalue weighted by molar-refractivity contribution is -0.142. The minimum Gasteiger partial charge on any atom is -0.481 e. The summed E-state index contributed by atoms with van der Waals surface area (Å²) in [7, 11) is 0. The number of nitrogens with two attached hydrogens (primary N) is 1. The van der Waals surface area contributed by atoms with E-state index < -0.39 is 48.3 Å². The van der Waals surface area contributed by atoms with E-state index in [1.807, 2.05) is 13.8 Å². The maximum Gasteiger partial charge on any atom is 0.327 e. The van der Waals surface area contributed by atoms with Crippen molar-refractivity contribution in [3.8, 4) is 0 Å². The molecule has 23 heavy (non-hydrogen) atoms. The van der Waals surface area contributed by atoms with E-state index in [4.69, 9.17) is 15.9 Å². The lowest BCUT2D eigenvalue weighted by Gasteiger charge is -2.23. The Hall–Kier alpha value is -1.81. The molecule has 0 rings (SSSR count). The van der Waals surface area contributed by atoms with Crippen molar-refractivity contribution in [1.82, 2.24) is 10.6 Å². The van der Waals surface area contributed by atoms with Gasteiger partial charge in [0, 0.05) is 5.75 Å². The summed E-state index contributed by atoms with van der Waals surface area (Å²) in [4.78, 5) is 45.5. The number of carbonyl (C=O) groups is 4. The van der Waals surface area contributed by atoms with Crippen LogP contribution >= 0.6 is 12.6 Å². The molecule has 0 fully saturated rings. The third-order valence-corrected chi connectivity index (χ3v) is 3.23. The monoisotopic (exact) mass is 349 g/mol. The number of rotatable bonds is 10. The normalized spacial score (nSPS) is 14.7. The number of thiol groups is 1. The van der Waals surface area contributed by atoms with E-state index in [0.29, 0.717) is 0 Å². The van der Waals surface area contributed by atoms with E-state index in [-0.39, 0.29) is 18.1 Å². The molecule has 0 saturated heterocycles. The summed E-state index contributed by atoms with van der Waals surface area (Å²) in [5.74, 6) is -4.03. The number of amides is 2. The van der Waals surface area contributed by atoms with E-state index in [1.54, 1.807) is 0 Å². The fourth-order valence-corrected chi connectivity index (χ4v) is 1.97. The van der Waals surface area contributed by atoms with E-state index in [2.05, 4.69) is 23.3 Å². The number of hydrogen-bond acceptors (Lipinski definition) is 6. The highest BCUT2D eigenvalue weighted by Gasteiger charge is 2.28. The first-order valence-electron chi connectivity index (χ1n) is 7.00. The number of carbonyl (C=O) groups excluding carboxylic acids is 2. The van der Waals surface area contributed by atoms with Crippen LogP contribution in [-0.4, -0.2) is 57.8 Å². The Labute approximate surface area is 139 Å². The van der Waals surface area contributed by atoms with Gasteiger partial charge in [0.25, 0.3) is 0 Å². The van der Waals surface area contributed by atoms with Crippen LogP contribution in [0.2, 0.25) is 0 Å². The molecule has 0 aromatic heterocycles. The van der Waals surface area contributed by atoms with Crippen molar-refractivity contribution in [2.24, 2.45) is 11.7 Å². The molecule has 9 nitrogen and oxygen atoms in total. The van der Waals surface area contributed by atoms with Gasteiger partial charge in [-0.1, -0.05) is 13.8 Å². The van der Waals surface area contributed by atoms with Crippen LogP contribution in [0.4, 0.5) is 0 Å². The molecule has 0 heterocycles. The van der Waals surface area contributed by atoms with Crippen molar-refractivity contribution in [2.45, 2.75) is 44.8 Å². The zero-order chi connectivity index (χ0) is 18.2. The van der Waals surface area contributed by atoms with Crippen molar-refractivity contribution >= 4 is 36.4 Å². The van der Waals surface area contributed by atoms with Crippen LogP contribution in [0.15, 0.2) is 0 Å². The van der Waals surface area contributed by atoms with Crippen molar-refractivity contribution < 1.29 is 29.4 Å². The molecular weight excluding hydrogens is 326 g/mol. The standard InChI is InChI=1S/C13H23N3O6S/c1-6(2)3-8(12(20)16-9(5-23)13(21)22)15-11(19)7(14)4-10(17)18/h6-9,23H,3-5,14H2,1-2H3,(H,15,19)(H,16,20)(H,17,18)(H,21,22)/t7-,8-,9-/m0/s1. The van der Waals surface area contributed by atoms with Gasteiger partial charge in [-0.25, -0.2) is 4.79 Å². The van der Waals surface area contributed by atoms with Crippen LogP contribution in [0.1, 0.15) is 26.7 Å². The van der Waals surface area contributed by atoms with Gasteiger partial charge < -0.3 is 26.6 Å². The molecular formula is C13H23N3O6S. The molecule has 132 valence electrons. The van der Waals surface area contributed by atoms with Crippen LogP contribution in [0, 0.1) is 5.92 Å². The minimum absolute atomic E-state index is 0.0287. The Morgan fingerprint density at radius 2 is 1.57 bits per heavy atom. The lowest BCUT2D eigenvalue weighted by Crippen LogP contribution is -2.55. The highest BCUT2D eigenvalue weighted by Crippen LogP contribution is 2.06. The third-order valence-electron chi connectivity index (χ3n) is 2.87.